The number of rotatable bonds is 5. The highest BCUT2D eigenvalue weighted by molar-refractivity contribution is 7.80. The Kier molecular flexibility index (Phi) is 5.46. The van der Waals surface area contributed by atoms with Crippen molar-refractivity contribution in [1.82, 2.24) is 14.9 Å². The Bertz CT molecular complexity index is 1020. The zero-order chi connectivity index (χ0) is 20.5. The van der Waals surface area contributed by atoms with Gasteiger partial charge < -0.3 is 19.5 Å². The lowest BCUT2D eigenvalue weighted by Crippen LogP contribution is -2.31. The van der Waals surface area contributed by atoms with E-state index >= 15 is 0 Å². The van der Waals surface area contributed by atoms with E-state index in [1.54, 1.807) is 0 Å². The van der Waals surface area contributed by atoms with Crippen molar-refractivity contribution in [2.45, 2.75) is 37.6 Å². The van der Waals surface area contributed by atoms with Crippen LogP contribution in [0.2, 0.25) is 5.02 Å². The molecule has 0 unspecified atom stereocenters. The summed E-state index contributed by atoms with van der Waals surface area (Å²) in [4.78, 5) is 6.80. The average Bonchev–Trinajstić information content (AvgIpc) is 3.50. The summed E-state index contributed by atoms with van der Waals surface area (Å²) in [5, 5.41) is 4.90. The van der Waals surface area contributed by atoms with Crippen molar-refractivity contribution in [2.24, 2.45) is 0 Å². The van der Waals surface area contributed by atoms with Crippen molar-refractivity contribution in [2.75, 3.05) is 11.5 Å². The minimum Gasteiger partial charge on any atom is -0.376 e. The first-order valence-corrected chi connectivity index (χ1v) is 11.0. The number of ether oxygens (including phenoxy) is 1. The number of thiocarbonyl (C=S) groups is 1. The lowest BCUT2D eigenvalue weighted by Gasteiger charge is -2.29. The van der Waals surface area contributed by atoms with Crippen molar-refractivity contribution in [3.05, 3.63) is 83.4 Å². The summed E-state index contributed by atoms with van der Waals surface area (Å²) in [6, 6.07) is 18.0. The van der Waals surface area contributed by atoms with Crippen LogP contribution in [0.25, 0.3) is 0 Å². The van der Waals surface area contributed by atoms with Gasteiger partial charge in [-0.05, 0) is 73.6 Å². The van der Waals surface area contributed by atoms with Crippen LogP contribution in [-0.4, -0.2) is 27.4 Å². The second kappa shape index (κ2) is 8.38. The zero-order valence-corrected chi connectivity index (χ0v) is 18.0. The molecule has 2 aliphatic heterocycles. The third kappa shape index (κ3) is 3.71. The largest absolute Gasteiger partial charge is 0.376 e. The van der Waals surface area contributed by atoms with Gasteiger partial charge in [-0.3, -0.25) is 4.98 Å². The van der Waals surface area contributed by atoms with Gasteiger partial charge in [-0.15, -0.1) is 0 Å². The Morgan fingerprint density at radius 1 is 1.13 bits per heavy atom. The molecular weight excluding hydrogens is 416 g/mol. The fourth-order valence-corrected chi connectivity index (χ4v) is 4.88. The SMILES string of the molecule is S=C1N[C@H](c2ccccn2)[C@@H](c2cccn2C[C@H]2CCCO2)N1c1ccc(Cl)cc1. The quantitative estimate of drug-likeness (QED) is 0.574. The van der Waals surface area contributed by atoms with Gasteiger partial charge in [-0.25, -0.2) is 0 Å². The van der Waals surface area contributed by atoms with Gasteiger partial charge in [0.15, 0.2) is 5.11 Å². The smallest absolute Gasteiger partial charge is 0.174 e. The molecule has 0 aliphatic carbocycles. The van der Waals surface area contributed by atoms with E-state index in [4.69, 9.17) is 28.6 Å². The Morgan fingerprint density at radius 3 is 2.73 bits per heavy atom. The first kappa shape index (κ1) is 19.5. The summed E-state index contributed by atoms with van der Waals surface area (Å²) in [5.41, 5.74) is 3.15. The standard InChI is InChI=1S/C23H23ClN4OS/c24-16-8-10-17(11-9-16)28-22(21(26-23(28)30)19-6-1-2-12-25-19)20-7-3-13-27(20)15-18-5-4-14-29-18/h1-3,6-13,18,21-22H,4-5,14-15H2,(H,26,30)/t18-,21-,22-/m1/s1. The van der Waals surface area contributed by atoms with Crippen molar-refractivity contribution in [1.29, 1.82) is 0 Å². The topological polar surface area (TPSA) is 42.3 Å². The molecule has 7 heteroatoms. The van der Waals surface area contributed by atoms with Crippen LogP contribution in [0.3, 0.4) is 0 Å². The molecule has 5 nitrogen and oxygen atoms in total. The van der Waals surface area contributed by atoms with Gasteiger partial charge in [-0.2, -0.15) is 0 Å². The van der Waals surface area contributed by atoms with Crippen LogP contribution in [0.4, 0.5) is 5.69 Å². The number of hydrogen-bond acceptors (Lipinski definition) is 3. The highest BCUT2D eigenvalue weighted by Gasteiger charge is 2.42. The van der Waals surface area contributed by atoms with Gasteiger partial charge in [0, 0.05) is 41.9 Å². The van der Waals surface area contributed by atoms with E-state index in [0.29, 0.717) is 10.1 Å². The van der Waals surface area contributed by atoms with E-state index in [0.717, 1.165) is 37.4 Å². The normalized spacial score (nSPS) is 23.7. The number of nitrogens with one attached hydrogen (secondary N) is 1. The van der Waals surface area contributed by atoms with Crippen LogP contribution in [-0.2, 0) is 11.3 Å². The minimum absolute atomic E-state index is 0.0371. The lowest BCUT2D eigenvalue weighted by atomic mass is 10.0. The molecule has 2 aliphatic rings. The van der Waals surface area contributed by atoms with E-state index < -0.39 is 0 Å². The fraction of sp³-hybridized carbons (Fsp3) is 0.304. The molecule has 2 fully saturated rings. The molecule has 154 valence electrons. The molecule has 0 saturated carbocycles. The van der Waals surface area contributed by atoms with Crippen molar-refractivity contribution < 1.29 is 4.74 Å². The van der Waals surface area contributed by atoms with Crippen molar-refractivity contribution >= 4 is 34.6 Å². The molecule has 0 radical (unpaired) electrons. The molecule has 0 spiro atoms. The average molecular weight is 439 g/mol. The lowest BCUT2D eigenvalue weighted by molar-refractivity contribution is 0.0961. The van der Waals surface area contributed by atoms with E-state index in [-0.39, 0.29) is 18.2 Å². The van der Waals surface area contributed by atoms with E-state index in [1.165, 1.54) is 5.69 Å². The molecule has 3 atom stereocenters. The highest BCUT2D eigenvalue weighted by Crippen LogP contribution is 2.42. The Morgan fingerprint density at radius 2 is 2.00 bits per heavy atom. The molecule has 2 saturated heterocycles. The van der Waals surface area contributed by atoms with Gasteiger partial charge in [-0.1, -0.05) is 17.7 Å². The highest BCUT2D eigenvalue weighted by atomic mass is 35.5. The van der Waals surface area contributed by atoms with Crippen molar-refractivity contribution in [3.63, 3.8) is 0 Å². The number of anilines is 1. The first-order chi connectivity index (χ1) is 14.7. The predicted molar refractivity (Wildman–Crippen MR) is 123 cm³/mol. The molecule has 1 N–H and O–H groups in total. The second-order valence-corrected chi connectivity index (χ2v) is 8.52. The molecule has 5 rings (SSSR count). The molecule has 3 aromatic rings. The Balaban J connectivity index is 1.57. The molecule has 4 heterocycles. The van der Waals surface area contributed by atoms with Gasteiger partial charge in [0.2, 0.25) is 0 Å². The number of nitrogens with zero attached hydrogens (tertiary/aromatic N) is 3. The summed E-state index contributed by atoms with van der Waals surface area (Å²) in [7, 11) is 0. The maximum absolute atomic E-state index is 6.14. The molecule has 2 aromatic heterocycles. The Labute approximate surface area is 186 Å². The Hall–Kier alpha value is -2.41. The van der Waals surface area contributed by atoms with Crippen molar-refractivity contribution in [3.8, 4) is 0 Å². The first-order valence-electron chi connectivity index (χ1n) is 10.2. The maximum Gasteiger partial charge on any atom is 0.174 e. The minimum atomic E-state index is -0.0625. The van der Waals surface area contributed by atoms with Crippen LogP contribution in [0, 0.1) is 0 Å². The summed E-state index contributed by atoms with van der Waals surface area (Å²) in [6.07, 6.45) is 6.45. The zero-order valence-electron chi connectivity index (χ0n) is 16.4. The fourth-order valence-electron chi connectivity index (χ4n) is 4.40. The third-order valence-electron chi connectivity index (χ3n) is 5.79. The summed E-state index contributed by atoms with van der Waals surface area (Å²) in [6.45, 7) is 1.69. The van der Waals surface area contributed by atoms with Gasteiger partial charge >= 0.3 is 0 Å². The van der Waals surface area contributed by atoms with E-state index in [1.807, 2.05) is 48.7 Å². The number of hydrogen-bond donors (Lipinski definition) is 1. The summed E-state index contributed by atoms with van der Waals surface area (Å²) < 4.78 is 8.20. The predicted octanol–water partition coefficient (Wildman–Crippen LogP) is 4.89. The third-order valence-corrected chi connectivity index (χ3v) is 6.36. The molecule has 0 bridgehead atoms. The molecule has 1 aromatic carbocycles. The van der Waals surface area contributed by atoms with Gasteiger partial charge in [0.25, 0.3) is 0 Å². The van der Waals surface area contributed by atoms with Crippen LogP contribution in [0.1, 0.15) is 36.3 Å². The summed E-state index contributed by atoms with van der Waals surface area (Å²) >= 11 is 11.9. The van der Waals surface area contributed by atoms with E-state index in [2.05, 4.69) is 38.1 Å². The molecular formula is C23H23ClN4OS. The number of pyridine rings is 1. The van der Waals surface area contributed by atoms with E-state index in [9.17, 15) is 0 Å². The van der Waals surface area contributed by atoms with Crippen LogP contribution in [0.5, 0.6) is 0 Å². The van der Waals surface area contributed by atoms with Crippen LogP contribution >= 0.6 is 23.8 Å². The monoisotopic (exact) mass is 438 g/mol. The molecule has 30 heavy (non-hydrogen) atoms. The van der Waals surface area contributed by atoms with Gasteiger partial charge in [0.05, 0.1) is 17.8 Å². The second-order valence-electron chi connectivity index (χ2n) is 7.69. The van der Waals surface area contributed by atoms with Gasteiger partial charge in [0.1, 0.15) is 6.04 Å². The van der Waals surface area contributed by atoms with Crippen LogP contribution < -0.4 is 10.2 Å². The van der Waals surface area contributed by atoms with Crippen LogP contribution in [0.15, 0.2) is 67.0 Å². The number of halogens is 1. The number of aromatic nitrogens is 2. The summed E-state index contributed by atoms with van der Waals surface area (Å²) in [5.74, 6) is 0. The molecule has 0 amide bonds. The number of benzene rings is 1. The maximum atomic E-state index is 6.14.